The molecule has 0 radical (unpaired) electrons. The molecule has 0 aliphatic heterocycles. The highest BCUT2D eigenvalue weighted by molar-refractivity contribution is 9.10. The lowest BCUT2D eigenvalue weighted by Gasteiger charge is -2.26. The molecule has 1 aromatic rings. The molecule has 1 atom stereocenters. The van der Waals surface area contributed by atoms with E-state index in [-0.39, 0.29) is 5.92 Å². The summed E-state index contributed by atoms with van der Waals surface area (Å²) in [6.07, 6.45) is 4.96. The number of carboxylic acids is 1. The number of urea groups is 1. The second-order valence-electron chi connectivity index (χ2n) is 5.10. The van der Waals surface area contributed by atoms with Gasteiger partial charge in [0.15, 0.2) is 0 Å². The number of amides is 2. The third kappa shape index (κ3) is 3.47. The number of hydrogen-bond donors (Lipinski definition) is 3. The Morgan fingerprint density at radius 2 is 2.20 bits per heavy atom. The molecule has 1 unspecified atom stereocenters. The molecule has 1 saturated carbocycles. The van der Waals surface area contributed by atoms with Gasteiger partial charge in [-0.15, -0.1) is 0 Å². The fraction of sp³-hybridized carbons (Fsp3) is 0.462. The van der Waals surface area contributed by atoms with Crippen molar-refractivity contribution in [1.82, 2.24) is 15.6 Å². The van der Waals surface area contributed by atoms with Crippen LogP contribution in [0.25, 0.3) is 0 Å². The van der Waals surface area contributed by atoms with Crippen LogP contribution in [0.3, 0.4) is 0 Å². The summed E-state index contributed by atoms with van der Waals surface area (Å²) in [5, 5.41) is 14.5. The summed E-state index contributed by atoms with van der Waals surface area (Å²) < 4.78 is 0.825. The highest BCUT2D eigenvalue weighted by Crippen LogP contribution is 2.39. The first-order chi connectivity index (χ1) is 9.41. The summed E-state index contributed by atoms with van der Waals surface area (Å²) in [6, 6.07) is 1.35. The molecule has 1 fully saturated rings. The quantitative estimate of drug-likeness (QED) is 0.762. The SMILES string of the molecule is CC(NC(=O)NCc1cncc(Br)c1)(C(=O)O)C1CC1. The van der Waals surface area contributed by atoms with Gasteiger partial charge >= 0.3 is 12.0 Å². The maximum atomic E-state index is 11.8. The average Bonchev–Trinajstić information content (AvgIpc) is 3.20. The fourth-order valence-corrected chi connectivity index (χ4v) is 2.42. The molecule has 0 saturated heterocycles. The summed E-state index contributed by atoms with van der Waals surface area (Å²) in [4.78, 5) is 27.1. The number of carbonyl (C=O) groups is 2. The Kier molecular flexibility index (Phi) is 4.27. The Bertz CT molecular complexity index is 533. The lowest BCUT2D eigenvalue weighted by atomic mass is 9.96. The third-order valence-corrected chi connectivity index (χ3v) is 3.86. The molecule has 6 nitrogen and oxygen atoms in total. The Hall–Kier alpha value is -1.63. The van der Waals surface area contributed by atoms with Crippen LogP contribution in [0.4, 0.5) is 4.79 Å². The van der Waals surface area contributed by atoms with Crippen LogP contribution in [0, 0.1) is 5.92 Å². The molecule has 0 aromatic carbocycles. The number of carboxylic acid groups (broad SMARTS) is 1. The molecule has 1 heterocycles. The van der Waals surface area contributed by atoms with Crippen LogP contribution in [0.2, 0.25) is 0 Å². The molecule has 3 N–H and O–H groups in total. The Morgan fingerprint density at radius 1 is 1.50 bits per heavy atom. The highest BCUT2D eigenvalue weighted by Gasteiger charge is 2.48. The van der Waals surface area contributed by atoms with E-state index in [1.165, 1.54) is 0 Å². The van der Waals surface area contributed by atoms with E-state index in [0.717, 1.165) is 22.9 Å². The molecule has 7 heteroatoms. The van der Waals surface area contributed by atoms with E-state index in [1.807, 2.05) is 6.07 Å². The lowest BCUT2D eigenvalue weighted by Crippen LogP contribution is -2.56. The van der Waals surface area contributed by atoms with Crippen LogP contribution < -0.4 is 10.6 Å². The minimum Gasteiger partial charge on any atom is -0.480 e. The number of pyridine rings is 1. The zero-order valence-corrected chi connectivity index (χ0v) is 12.6. The van der Waals surface area contributed by atoms with E-state index >= 15 is 0 Å². The Morgan fingerprint density at radius 3 is 2.75 bits per heavy atom. The summed E-state index contributed by atoms with van der Waals surface area (Å²) in [5.74, 6) is -0.988. The number of carbonyl (C=O) groups excluding carboxylic acids is 1. The number of hydrogen-bond acceptors (Lipinski definition) is 3. The minimum absolute atomic E-state index is 0.0123. The molecule has 0 bridgehead atoms. The van der Waals surface area contributed by atoms with Crippen molar-refractivity contribution in [2.45, 2.75) is 31.8 Å². The smallest absolute Gasteiger partial charge is 0.329 e. The zero-order valence-electron chi connectivity index (χ0n) is 11.0. The van der Waals surface area contributed by atoms with Crippen molar-refractivity contribution >= 4 is 27.9 Å². The van der Waals surface area contributed by atoms with Gasteiger partial charge in [0.2, 0.25) is 0 Å². The van der Waals surface area contributed by atoms with Crippen molar-refractivity contribution < 1.29 is 14.7 Å². The maximum absolute atomic E-state index is 11.8. The number of rotatable bonds is 5. The average molecular weight is 342 g/mol. The second kappa shape index (κ2) is 5.78. The maximum Gasteiger partial charge on any atom is 0.329 e. The van der Waals surface area contributed by atoms with Gasteiger partial charge < -0.3 is 15.7 Å². The van der Waals surface area contributed by atoms with E-state index in [1.54, 1.807) is 19.3 Å². The highest BCUT2D eigenvalue weighted by atomic mass is 79.9. The van der Waals surface area contributed by atoms with Crippen molar-refractivity contribution in [2.24, 2.45) is 5.92 Å². The van der Waals surface area contributed by atoms with E-state index in [2.05, 4.69) is 31.5 Å². The molecule has 1 aliphatic rings. The predicted octanol–water partition coefficient (Wildman–Crippen LogP) is 1.90. The third-order valence-electron chi connectivity index (χ3n) is 3.43. The van der Waals surface area contributed by atoms with Crippen molar-refractivity contribution in [3.63, 3.8) is 0 Å². The first-order valence-electron chi connectivity index (χ1n) is 6.30. The topological polar surface area (TPSA) is 91.3 Å². The number of nitrogens with one attached hydrogen (secondary N) is 2. The van der Waals surface area contributed by atoms with Crippen molar-refractivity contribution in [3.05, 3.63) is 28.5 Å². The molecular formula is C13H16BrN3O3. The van der Waals surface area contributed by atoms with Gasteiger partial charge in [-0.1, -0.05) is 0 Å². The molecule has 2 rings (SSSR count). The van der Waals surface area contributed by atoms with Gasteiger partial charge in [-0.3, -0.25) is 4.98 Å². The van der Waals surface area contributed by atoms with Gasteiger partial charge in [-0.2, -0.15) is 0 Å². The lowest BCUT2D eigenvalue weighted by molar-refractivity contribution is -0.144. The van der Waals surface area contributed by atoms with Crippen LogP contribution >= 0.6 is 15.9 Å². The van der Waals surface area contributed by atoms with E-state index in [4.69, 9.17) is 0 Å². The fourth-order valence-electron chi connectivity index (χ4n) is 2.01. The van der Waals surface area contributed by atoms with Gasteiger partial charge in [-0.05, 0) is 53.2 Å². The Balaban J connectivity index is 1.90. The van der Waals surface area contributed by atoms with Gasteiger partial charge in [0, 0.05) is 23.4 Å². The van der Waals surface area contributed by atoms with Crippen molar-refractivity contribution in [3.8, 4) is 0 Å². The molecule has 108 valence electrons. The van der Waals surface area contributed by atoms with Gasteiger partial charge in [-0.25, -0.2) is 9.59 Å². The number of halogens is 1. The molecule has 1 aliphatic carbocycles. The molecule has 2 amide bonds. The van der Waals surface area contributed by atoms with Gasteiger partial charge in [0.05, 0.1) is 0 Å². The number of nitrogens with zero attached hydrogens (tertiary/aromatic N) is 1. The van der Waals surface area contributed by atoms with Crippen LogP contribution in [0.5, 0.6) is 0 Å². The monoisotopic (exact) mass is 341 g/mol. The second-order valence-corrected chi connectivity index (χ2v) is 6.02. The van der Waals surface area contributed by atoms with Crippen LogP contribution in [0.15, 0.2) is 22.9 Å². The summed E-state index contributed by atoms with van der Waals surface area (Å²) >= 11 is 3.30. The molecule has 20 heavy (non-hydrogen) atoms. The van der Waals surface area contributed by atoms with Gasteiger partial charge in [0.1, 0.15) is 5.54 Å². The summed E-state index contributed by atoms with van der Waals surface area (Å²) in [7, 11) is 0. The number of aromatic nitrogens is 1. The zero-order chi connectivity index (χ0) is 14.8. The van der Waals surface area contributed by atoms with E-state index < -0.39 is 17.5 Å². The predicted molar refractivity (Wildman–Crippen MR) is 76.1 cm³/mol. The molecular weight excluding hydrogens is 326 g/mol. The van der Waals surface area contributed by atoms with Gasteiger partial charge in [0.25, 0.3) is 0 Å². The number of aliphatic carboxylic acids is 1. The largest absolute Gasteiger partial charge is 0.480 e. The van der Waals surface area contributed by atoms with Crippen molar-refractivity contribution in [2.75, 3.05) is 0 Å². The van der Waals surface area contributed by atoms with E-state index in [0.29, 0.717) is 6.54 Å². The van der Waals surface area contributed by atoms with Crippen molar-refractivity contribution in [1.29, 1.82) is 0 Å². The molecule has 1 aromatic heterocycles. The summed E-state index contributed by atoms with van der Waals surface area (Å²) in [6.45, 7) is 1.84. The summed E-state index contributed by atoms with van der Waals surface area (Å²) in [5.41, 5.74) is -0.363. The Labute approximate surface area is 125 Å². The molecule has 0 spiro atoms. The van der Waals surface area contributed by atoms with Crippen LogP contribution in [0.1, 0.15) is 25.3 Å². The standard InChI is InChI=1S/C13H16BrN3O3/c1-13(11(18)19,9-2-3-9)17-12(20)16-6-8-4-10(14)7-15-5-8/h4-5,7,9H,2-3,6H2,1H3,(H,18,19)(H2,16,17,20). The van der Waals surface area contributed by atoms with Crippen LogP contribution in [-0.4, -0.2) is 27.6 Å². The normalized spacial score (nSPS) is 17.1. The first-order valence-corrected chi connectivity index (χ1v) is 7.10. The van der Waals surface area contributed by atoms with Crippen LogP contribution in [-0.2, 0) is 11.3 Å². The van der Waals surface area contributed by atoms with E-state index in [9.17, 15) is 14.7 Å². The first kappa shape index (κ1) is 14.8. The minimum atomic E-state index is -1.19.